The van der Waals surface area contributed by atoms with Crippen LogP contribution in [-0.4, -0.2) is 23.6 Å². The quantitative estimate of drug-likeness (QED) is 0.265. The van der Waals surface area contributed by atoms with Crippen LogP contribution >= 0.6 is 0 Å². The third kappa shape index (κ3) is 11.5. The monoisotopic (exact) mass is 655 g/mol. The van der Waals surface area contributed by atoms with E-state index >= 15 is 0 Å². The summed E-state index contributed by atoms with van der Waals surface area (Å²) in [7, 11) is 0. The Morgan fingerprint density at radius 2 is 1.82 bits per heavy atom. The van der Waals surface area contributed by atoms with Crippen LogP contribution in [0.15, 0.2) is 41.4 Å². The number of carbonyl (C=O) groups excluding carboxylic acids is 2. The minimum absolute atomic E-state index is 0. The molecule has 0 radical (unpaired) electrons. The van der Waals surface area contributed by atoms with Crippen molar-refractivity contribution in [3.63, 3.8) is 0 Å². The van der Waals surface area contributed by atoms with Crippen molar-refractivity contribution in [1.82, 2.24) is 0 Å². The van der Waals surface area contributed by atoms with Gasteiger partial charge >= 0.3 is 74.9 Å². The standard InChI is InChI=1S/C21H22FNO2.C7H10N2O.C2H6.CH3.Cs/c1-3-4-7-21(24)25-20-11-10-17(13-15(20)2)18-9-8-16(6-5-12-23)19(22)14-18;8-7(10)6-4-1-2-5(3-4)9-6;1-2;;/h8-11,13-14H,3-7H2,1-2H3;4-5H,1-3H2,(H2,8,10);1-2H3;1H3;/q;;;-1;+1/t;4?,5-;;;/m.1.../s1. The van der Waals surface area contributed by atoms with Gasteiger partial charge in [0.2, 0.25) is 0 Å². The van der Waals surface area contributed by atoms with Gasteiger partial charge in [0.1, 0.15) is 17.3 Å². The Bertz CT molecular complexity index is 1160. The largest absolute Gasteiger partial charge is 1.00 e. The Labute approximate surface area is 292 Å². The number of carbonyl (C=O) groups is 2. The molecule has 1 unspecified atom stereocenters. The number of esters is 1. The molecule has 2 aromatic rings. The average Bonchev–Trinajstić information content (AvgIpc) is 3.54. The molecule has 2 aromatic carbocycles. The zero-order chi connectivity index (χ0) is 27.4. The van der Waals surface area contributed by atoms with E-state index in [0.717, 1.165) is 48.8 Å². The van der Waals surface area contributed by atoms with Gasteiger partial charge in [0.05, 0.1) is 12.1 Å². The molecule has 4 rings (SSSR count). The molecule has 2 N–H and O–H groups in total. The van der Waals surface area contributed by atoms with Crippen LogP contribution in [0.25, 0.3) is 11.1 Å². The van der Waals surface area contributed by atoms with Gasteiger partial charge in [-0.2, -0.15) is 5.26 Å². The van der Waals surface area contributed by atoms with Gasteiger partial charge in [-0.3, -0.25) is 14.6 Å². The van der Waals surface area contributed by atoms with Crippen LogP contribution in [0.1, 0.15) is 76.8 Å². The number of fused-ring (bicyclic) bond motifs is 2. The average molecular weight is 656 g/mol. The van der Waals surface area contributed by atoms with Gasteiger partial charge in [0.15, 0.2) is 0 Å². The van der Waals surface area contributed by atoms with Crippen molar-refractivity contribution in [1.29, 1.82) is 5.26 Å². The summed E-state index contributed by atoms with van der Waals surface area (Å²) in [6.45, 7) is 7.89. The van der Waals surface area contributed by atoms with E-state index in [1.165, 1.54) is 6.07 Å². The van der Waals surface area contributed by atoms with Crippen molar-refractivity contribution in [2.75, 3.05) is 0 Å². The van der Waals surface area contributed by atoms with Crippen LogP contribution in [0.4, 0.5) is 4.39 Å². The fourth-order valence-electron chi connectivity index (χ4n) is 4.45. The van der Waals surface area contributed by atoms with Crippen molar-refractivity contribution < 1.29 is 87.6 Å². The van der Waals surface area contributed by atoms with Crippen LogP contribution in [0.3, 0.4) is 0 Å². The van der Waals surface area contributed by atoms with E-state index in [1.54, 1.807) is 12.1 Å². The first-order valence-electron chi connectivity index (χ1n) is 13.2. The number of nitrogens with two attached hydrogens (primary N) is 1. The Balaban J connectivity index is 0.000000860. The zero-order valence-electron chi connectivity index (χ0n) is 24.4. The van der Waals surface area contributed by atoms with Crippen LogP contribution in [0.5, 0.6) is 5.75 Å². The normalized spacial score (nSPS) is 16.1. The van der Waals surface area contributed by atoms with Crippen LogP contribution < -0.4 is 79.4 Å². The van der Waals surface area contributed by atoms with Crippen molar-refractivity contribution in [3.05, 3.63) is 60.8 Å². The van der Waals surface area contributed by atoms with Gasteiger partial charge in [-0.25, -0.2) is 4.39 Å². The first-order chi connectivity index (χ1) is 17.8. The molecule has 2 atom stereocenters. The summed E-state index contributed by atoms with van der Waals surface area (Å²) in [5.41, 5.74) is 8.75. The third-order valence-corrected chi connectivity index (χ3v) is 6.39. The van der Waals surface area contributed by atoms with Gasteiger partial charge in [0, 0.05) is 18.8 Å². The first kappa shape index (κ1) is 37.5. The fraction of sp³-hybridized carbons (Fsp3) is 0.452. The number of amides is 1. The van der Waals surface area contributed by atoms with Crippen LogP contribution in [0.2, 0.25) is 0 Å². The first-order valence-corrected chi connectivity index (χ1v) is 13.2. The summed E-state index contributed by atoms with van der Waals surface area (Å²) >= 11 is 0. The molecule has 8 heteroatoms. The Hall–Kier alpha value is -1.48. The Morgan fingerprint density at radius 3 is 2.31 bits per heavy atom. The van der Waals surface area contributed by atoms with E-state index in [-0.39, 0.29) is 94.0 Å². The van der Waals surface area contributed by atoms with Gasteiger partial charge < -0.3 is 17.9 Å². The van der Waals surface area contributed by atoms with E-state index in [1.807, 2.05) is 52.0 Å². The number of nitriles is 1. The molecule has 206 valence electrons. The maximum atomic E-state index is 14.2. The van der Waals surface area contributed by atoms with E-state index in [4.69, 9.17) is 15.7 Å². The number of nitrogens with zero attached hydrogens (tertiary/aromatic N) is 2. The topological polar surface area (TPSA) is 106 Å². The molecule has 0 saturated heterocycles. The number of hydrogen-bond acceptors (Lipinski definition) is 5. The van der Waals surface area contributed by atoms with Crippen molar-refractivity contribution in [2.24, 2.45) is 16.6 Å². The van der Waals surface area contributed by atoms with Crippen LogP contribution in [-0.2, 0) is 16.0 Å². The molecule has 1 amide bonds. The molecule has 1 fully saturated rings. The van der Waals surface area contributed by atoms with E-state index in [2.05, 4.69) is 4.99 Å². The molecule has 2 aliphatic rings. The van der Waals surface area contributed by atoms with E-state index in [9.17, 15) is 14.0 Å². The van der Waals surface area contributed by atoms with Crippen molar-refractivity contribution in [3.8, 4) is 22.9 Å². The molecule has 39 heavy (non-hydrogen) atoms. The third-order valence-electron chi connectivity index (χ3n) is 6.39. The smallest absolute Gasteiger partial charge is 0.426 e. The fourth-order valence-corrected chi connectivity index (χ4v) is 4.45. The minimum Gasteiger partial charge on any atom is -0.426 e. The maximum absolute atomic E-state index is 14.2. The number of aryl methyl sites for hydroxylation is 2. The predicted molar refractivity (Wildman–Crippen MR) is 151 cm³/mol. The predicted octanol–water partition coefficient (Wildman–Crippen LogP) is 3.93. The molecule has 0 aromatic heterocycles. The summed E-state index contributed by atoms with van der Waals surface area (Å²) in [5, 5.41) is 8.61. The molecular weight excluding hydrogens is 614 g/mol. The second-order valence-electron chi connectivity index (χ2n) is 9.06. The summed E-state index contributed by atoms with van der Waals surface area (Å²) < 4.78 is 19.5. The minimum atomic E-state index is -0.313. The van der Waals surface area contributed by atoms with Crippen molar-refractivity contribution >= 4 is 17.6 Å². The second-order valence-corrected chi connectivity index (χ2v) is 9.06. The van der Waals surface area contributed by atoms with Gasteiger partial charge in [-0.1, -0.05) is 45.4 Å². The molecule has 1 aliphatic carbocycles. The number of hydrogen-bond donors (Lipinski definition) is 1. The van der Waals surface area contributed by atoms with E-state index < -0.39 is 0 Å². The molecule has 0 spiro atoms. The Kier molecular flexibility index (Phi) is 18.8. The second kappa shape index (κ2) is 19.6. The number of primary amides is 1. The molecular formula is C31H41CsFN3O3. The van der Waals surface area contributed by atoms with E-state index in [0.29, 0.717) is 48.2 Å². The molecule has 1 aliphatic heterocycles. The summed E-state index contributed by atoms with van der Waals surface area (Å²) in [5.74, 6) is 0.0942. The van der Waals surface area contributed by atoms with Gasteiger partial charge in [-0.15, -0.1) is 0 Å². The summed E-state index contributed by atoms with van der Waals surface area (Å²) in [6.07, 6.45) is 6.22. The molecule has 1 heterocycles. The number of unbranched alkanes of at least 4 members (excludes halogenated alkanes) is 1. The molecule has 6 nitrogen and oxygen atoms in total. The number of rotatable bonds is 8. The van der Waals surface area contributed by atoms with Gasteiger partial charge in [0.25, 0.3) is 5.91 Å². The summed E-state index contributed by atoms with van der Waals surface area (Å²) in [4.78, 5) is 26.6. The molecule has 1 saturated carbocycles. The van der Waals surface area contributed by atoms with Gasteiger partial charge in [-0.05, 0) is 79.5 Å². The number of benzene rings is 2. The SMILES string of the molecule is CC.CCCCC(=O)Oc1ccc(-c2ccc(CCC#N)c(F)c2)cc1C.NC(=O)C1=N[C@@H]2CCC1C2.[CH3-].[Cs+]. The Morgan fingerprint density at radius 1 is 1.15 bits per heavy atom. The molecule has 2 bridgehead atoms. The number of halogens is 1. The zero-order valence-corrected chi connectivity index (χ0v) is 30.6. The summed E-state index contributed by atoms with van der Waals surface area (Å²) in [6, 6.07) is 12.9. The number of aliphatic imine (C=N–C) groups is 1. The van der Waals surface area contributed by atoms with Crippen molar-refractivity contribution in [2.45, 2.75) is 85.1 Å². The maximum Gasteiger partial charge on any atom is 1.00 e. The number of ether oxygens (including phenoxy) is 1. The van der Waals surface area contributed by atoms with Crippen LogP contribution in [0, 0.1) is 37.4 Å².